The molecule has 0 fully saturated rings. The minimum absolute atomic E-state index is 0.200. The highest BCUT2D eigenvalue weighted by Gasteiger charge is 2.17. The van der Waals surface area contributed by atoms with Gasteiger partial charge < -0.3 is 13.9 Å². The number of carbonyl (C=O) groups is 1. The lowest BCUT2D eigenvalue weighted by Crippen LogP contribution is -2.18. The van der Waals surface area contributed by atoms with E-state index >= 15 is 0 Å². The zero-order chi connectivity index (χ0) is 15.1. The number of hydroxylamine groups is 1. The molecule has 0 aliphatic carbocycles. The molecule has 2 aromatic carbocycles. The molecule has 7 heteroatoms. The summed E-state index contributed by atoms with van der Waals surface area (Å²) in [4.78, 5) is 15.8. The van der Waals surface area contributed by atoms with Gasteiger partial charge >= 0.3 is 0 Å². The van der Waals surface area contributed by atoms with E-state index in [9.17, 15) is 4.79 Å². The third kappa shape index (κ3) is 1.95. The lowest BCUT2D eigenvalue weighted by Gasteiger charge is -1.98. The Morgan fingerprint density at radius 2 is 2.00 bits per heavy atom. The summed E-state index contributed by atoms with van der Waals surface area (Å²) in [5, 5.41) is 8.66. The topological polar surface area (TPSA) is 93.8 Å². The van der Waals surface area contributed by atoms with E-state index in [-0.39, 0.29) is 6.79 Å². The van der Waals surface area contributed by atoms with Gasteiger partial charge in [-0.25, -0.2) is 10.5 Å². The highest BCUT2D eigenvalue weighted by molar-refractivity contribution is 5.96. The van der Waals surface area contributed by atoms with Gasteiger partial charge in [-0.3, -0.25) is 10.0 Å². The molecule has 3 aromatic rings. The van der Waals surface area contributed by atoms with E-state index in [1.165, 1.54) is 0 Å². The normalized spacial score (nSPS) is 12.6. The Labute approximate surface area is 124 Å². The monoisotopic (exact) mass is 298 g/mol. The first-order valence-corrected chi connectivity index (χ1v) is 6.49. The van der Waals surface area contributed by atoms with Crippen molar-refractivity contribution < 1.29 is 23.9 Å². The summed E-state index contributed by atoms with van der Waals surface area (Å²) in [5.41, 5.74) is 3.69. The van der Waals surface area contributed by atoms with Crippen LogP contribution >= 0.6 is 0 Å². The quantitative estimate of drug-likeness (QED) is 0.557. The molecule has 0 radical (unpaired) electrons. The van der Waals surface area contributed by atoms with Crippen molar-refractivity contribution in [1.29, 1.82) is 0 Å². The first-order chi connectivity index (χ1) is 10.7. The van der Waals surface area contributed by atoms with Crippen LogP contribution in [0.15, 0.2) is 40.8 Å². The molecule has 7 nitrogen and oxygen atoms in total. The lowest BCUT2D eigenvalue weighted by molar-refractivity contribution is 0.0706. The summed E-state index contributed by atoms with van der Waals surface area (Å²) in [5.74, 6) is 1.13. The Bertz CT molecular complexity index is 887. The summed E-state index contributed by atoms with van der Waals surface area (Å²) < 4.78 is 16.3. The third-order valence-electron chi connectivity index (χ3n) is 3.37. The van der Waals surface area contributed by atoms with Crippen LogP contribution in [0, 0.1) is 0 Å². The Balaban J connectivity index is 1.77. The molecule has 110 valence electrons. The summed E-state index contributed by atoms with van der Waals surface area (Å²) in [6.07, 6.45) is 0. The molecule has 1 aliphatic heterocycles. The van der Waals surface area contributed by atoms with E-state index in [1.807, 2.05) is 6.07 Å². The van der Waals surface area contributed by atoms with E-state index in [2.05, 4.69) is 4.98 Å². The Kier molecular flexibility index (Phi) is 2.73. The van der Waals surface area contributed by atoms with Gasteiger partial charge in [-0.05, 0) is 36.4 Å². The molecule has 22 heavy (non-hydrogen) atoms. The average Bonchev–Trinajstić information content (AvgIpc) is 3.18. The molecule has 2 N–H and O–H groups in total. The second kappa shape index (κ2) is 4.74. The number of nitrogens with zero attached hydrogens (tertiary/aromatic N) is 1. The second-order valence-electron chi connectivity index (χ2n) is 4.71. The van der Waals surface area contributed by atoms with Gasteiger partial charge in [0, 0.05) is 11.1 Å². The summed E-state index contributed by atoms with van der Waals surface area (Å²) in [6.45, 7) is 0.200. The molecule has 0 unspecified atom stereocenters. The molecule has 0 saturated heterocycles. The average molecular weight is 298 g/mol. The summed E-state index contributed by atoms with van der Waals surface area (Å²) >= 11 is 0. The highest BCUT2D eigenvalue weighted by Crippen LogP contribution is 2.36. The molecular formula is C15H10N2O5. The van der Waals surface area contributed by atoms with Crippen LogP contribution in [0.25, 0.3) is 22.6 Å². The van der Waals surface area contributed by atoms with E-state index in [0.717, 1.165) is 5.56 Å². The molecular weight excluding hydrogens is 288 g/mol. The minimum Gasteiger partial charge on any atom is -0.454 e. The zero-order valence-corrected chi connectivity index (χ0v) is 11.2. The maximum absolute atomic E-state index is 11.4. The number of aromatic nitrogens is 1. The van der Waals surface area contributed by atoms with Gasteiger partial charge in [0.15, 0.2) is 17.1 Å². The number of benzene rings is 2. The van der Waals surface area contributed by atoms with Crippen molar-refractivity contribution in [3.05, 3.63) is 42.0 Å². The molecule has 0 spiro atoms. The van der Waals surface area contributed by atoms with Gasteiger partial charge in [0.05, 0.1) is 0 Å². The van der Waals surface area contributed by atoms with Crippen molar-refractivity contribution in [1.82, 2.24) is 10.5 Å². The van der Waals surface area contributed by atoms with Crippen molar-refractivity contribution in [3.8, 4) is 23.0 Å². The number of hydrogen-bond donors (Lipinski definition) is 2. The number of carbonyl (C=O) groups excluding carboxylic acids is 1. The van der Waals surface area contributed by atoms with Crippen LogP contribution in [0.4, 0.5) is 0 Å². The van der Waals surface area contributed by atoms with Crippen LogP contribution in [0.2, 0.25) is 0 Å². The molecule has 2 heterocycles. The van der Waals surface area contributed by atoms with Crippen LogP contribution in [-0.4, -0.2) is 22.9 Å². The number of amides is 1. The lowest BCUT2D eigenvalue weighted by atomic mass is 10.2. The van der Waals surface area contributed by atoms with Crippen LogP contribution in [0.1, 0.15) is 10.4 Å². The van der Waals surface area contributed by atoms with Crippen LogP contribution in [0.5, 0.6) is 11.5 Å². The van der Waals surface area contributed by atoms with Crippen molar-refractivity contribution in [2.75, 3.05) is 6.79 Å². The van der Waals surface area contributed by atoms with E-state index in [4.69, 9.17) is 19.1 Å². The molecule has 1 amide bonds. The van der Waals surface area contributed by atoms with Crippen molar-refractivity contribution in [2.24, 2.45) is 0 Å². The summed E-state index contributed by atoms with van der Waals surface area (Å²) in [7, 11) is 0. The standard InChI is InChI=1S/C15H10N2O5/c18-14(17-19)8-1-3-11-10(5-8)16-15(22-11)9-2-4-12-13(6-9)21-7-20-12/h1-6,19H,7H2,(H,17,18). The summed E-state index contributed by atoms with van der Waals surface area (Å²) in [6, 6.07) is 10.1. The van der Waals surface area contributed by atoms with Crippen LogP contribution < -0.4 is 15.0 Å². The molecule has 0 saturated carbocycles. The fourth-order valence-electron chi connectivity index (χ4n) is 2.29. The fraction of sp³-hybridized carbons (Fsp3) is 0.0667. The number of ether oxygens (including phenoxy) is 2. The second-order valence-corrected chi connectivity index (χ2v) is 4.71. The molecule has 0 atom stereocenters. The Hall–Kier alpha value is -3.06. The smallest absolute Gasteiger partial charge is 0.274 e. The number of nitrogens with one attached hydrogen (secondary N) is 1. The van der Waals surface area contributed by atoms with Gasteiger partial charge in [0.1, 0.15) is 5.52 Å². The van der Waals surface area contributed by atoms with E-state index in [1.54, 1.807) is 35.8 Å². The maximum Gasteiger partial charge on any atom is 0.274 e. The van der Waals surface area contributed by atoms with Crippen molar-refractivity contribution in [3.63, 3.8) is 0 Å². The molecule has 0 bridgehead atoms. The first-order valence-electron chi connectivity index (χ1n) is 6.49. The predicted octanol–water partition coefficient (Wildman–Crippen LogP) is 2.34. The number of oxazole rings is 1. The van der Waals surface area contributed by atoms with Crippen molar-refractivity contribution in [2.45, 2.75) is 0 Å². The van der Waals surface area contributed by atoms with Gasteiger partial charge in [0.2, 0.25) is 12.7 Å². The van der Waals surface area contributed by atoms with Gasteiger partial charge in [-0.1, -0.05) is 0 Å². The van der Waals surface area contributed by atoms with Gasteiger partial charge in [-0.2, -0.15) is 0 Å². The van der Waals surface area contributed by atoms with E-state index < -0.39 is 5.91 Å². The predicted molar refractivity (Wildman–Crippen MR) is 74.8 cm³/mol. The zero-order valence-electron chi connectivity index (χ0n) is 11.2. The van der Waals surface area contributed by atoms with Gasteiger partial charge in [-0.15, -0.1) is 0 Å². The number of hydrogen-bond acceptors (Lipinski definition) is 6. The van der Waals surface area contributed by atoms with Crippen LogP contribution in [0.3, 0.4) is 0 Å². The Morgan fingerprint density at radius 3 is 2.86 bits per heavy atom. The molecule has 1 aliphatic rings. The van der Waals surface area contributed by atoms with Crippen LogP contribution in [-0.2, 0) is 0 Å². The fourth-order valence-corrected chi connectivity index (χ4v) is 2.29. The molecule has 1 aromatic heterocycles. The SMILES string of the molecule is O=C(NO)c1ccc2oc(-c3ccc4c(c3)OCO4)nc2c1. The number of fused-ring (bicyclic) bond motifs is 2. The van der Waals surface area contributed by atoms with Crippen molar-refractivity contribution >= 4 is 17.0 Å². The number of rotatable bonds is 2. The largest absolute Gasteiger partial charge is 0.454 e. The first kappa shape index (κ1) is 12.7. The van der Waals surface area contributed by atoms with Gasteiger partial charge in [0.25, 0.3) is 5.91 Å². The Morgan fingerprint density at radius 1 is 1.14 bits per heavy atom. The van der Waals surface area contributed by atoms with E-state index in [0.29, 0.717) is 34.1 Å². The molecule has 4 rings (SSSR count). The highest BCUT2D eigenvalue weighted by atomic mass is 16.7. The third-order valence-corrected chi connectivity index (χ3v) is 3.37. The minimum atomic E-state index is -0.602. The maximum atomic E-state index is 11.4.